The molecule has 4 nitrogen and oxygen atoms in total. The molecule has 0 heterocycles. The first kappa shape index (κ1) is 19.1. The number of benzene rings is 2. The maximum atomic E-state index is 12.8. The van der Waals surface area contributed by atoms with Gasteiger partial charge in [-0.15, -0.1) is 0 Å². The molecular formula is C16H14ClF3N2O2S. The van der Waals surface area contributed by atoms with Crippen molar-refractivity contribution in [3.8, 4) is 11.5 Å². The third-order valence-corrected chi connectivity index (χ3v) is 3.67. The highest BCUT2D eigenvalue weighted by molar-refractivity contribution is 7.80. The minimum atomic E-state index is -4.43. The number of anilines is 2. The largest absolute Gasteiger partial charge is 0.495 e. The molecule has 2 aromatic rings. The quantitative estimate of drug-likeness (QED) is 0.704. The lowest BCUT2D eigenvalue weighted by Crippen LogP contribution is -2.20. The minimum Gasteiger partial charge on any atom is -0.495 e. The van der Waals surface area contributed by atoms with Crippen molar-refractivity contribution in [1.29, 1.82) is 0 Å². The summed E-state index contributed by atoms with van der Waals surface area (Å²) in [6.07, 6.45) is -4.43. The molecule has 0 saturated heterocycles. The summed E-state index contributed by atoms with van der Waals surface area (Å²) in [6.45, 7) is 0. The molecule has 0 bridgehead atoms. The molecule has 0 fully saturated rings. The van der Waals surface area contributed by atoms with Crippen molar-refractivity contribution in [3.05, 3.63) is 47.0 Å². The van der Waals surface area contributed by atoms with Crippen LogP contribution in [0.25, 0.3) is 0 Å². The van der Waals surface area contributed by atoms with Crippen molar-refractivity contribution < 1.29 is 22.6 Å². The van der Waals surface area contributed by atoms with E-state index < -0.39 is 11.7 Å². The van der Waals surface area contributed by atoms with Crippen LogP contribution in [0.1, 0.15) is 5.56 Å². The first-order valence-corrected chi connectivity index (χ1v) is 7.70. The van der Waals surface area contributed by atoms with Crippen LogP contribution in [0.15, 0.2) is 36.4 Å². The lowest BCUT2D eigenvalue weighted by Gasteiger charge is -2.16. The SMILES string of the molecule is COc1cc(NC(=S)Nc2cccc(C(F)(F)F)c2)c(OC)cc1Cl. The summed E-state index contributed by atoms with van der Waals surface area (Å²) in [4.78, 5) is 0. The van der Waals surface area contributed by atoms with Crippen molar-refractivity contribution in [2.24, 2.45) is 0 Å². The van der Waals surface area contributed by atoms with E-state index in [-0.39, 0.29) is 10.8 Å². The van der Waals surface area contributed by atoms with Crippen LogP contribution in [0, 0.1) is 0 Å². The molecule has 2 aromatic carbocycles. The van der Waals surface area contributed by atoms with Gasteiger partial charge in [0.15, 0.2) is 5.11 Å². The molecule has 0 amide bonds. The molecule has 0 atom stereocenters. The minimum absolute atomic E-state index is 0.0852. The number of hydrogen-bond donors (Lipinski definition) is 2. The highest BCUT2D eigenvalue weighted by Gasteiger charge is 2.30. The topological polar surface area (TPSA) is 42.5 Å². The van der Waals surface area contributed by atoms with E-state index in [9.17, 15) is 13.2 Å². The van der Waals surface area contributed by atoms with Gasteiger partial charge in [-0.05, 0) is 30.4 Å². The van der Waals surface area contributed by atoms with E-state index in [1.807, 2.05) is 0 Å². The number of methoxy groups -OCH3 is 2. The van der Waals surface area contributed by atoms with E-state index in [1.54, 1.807) is 6.07 Å². The van der Waals surface area contributed by atoms with Crippen LogP contribution in [0.5, 0.6) is 11.5 Å². The average molecular weight is 391 g/mol. The van der Waals surface area contributed by atoms with Gasteiger partial charge in [0.2, 0.25) is 0 Å². The first-order valence-electron chi connectivity index (χ1n) is 6.91. The van der Waals surface area contributed by atoms with Crippen LogP contribution in [0.4, 0.5) is 24.5 Å². The van der Waals surface area contributed by atoms with Gasteiger partial charge >= 0.3 is 6.18 Å². The van der Waals surface area contributed by atoms with Crippen molar-refractivity contribution in [2.75, 3.05) is 24.9 Å². The zero-order chi connectivity index (χ0) is 18.6. The molecule has 25 heavy (non-hydrogen) atoms. The number of halogens is 4. The zero-order valence-corrected chi connectivity index (χ0v) is 14.8. The van der Waals surface area contributed by atoms with Crippen LogP contribution in [-0.2, 0) is 6.18 Å². The Morgan fingerprint density at radius 3 is 2.32 bits per heavy atom. The number of ether oxygens (including phenoxy) is 2. The normalized spacial score (nSPS) is 11.0. The molecule has 0 aliphatic rings. The van der Waals surface area contributed by atoms with Gasteiger partial charge in [0, 0.05) is 17.8 Å². The number of alkyl halides is 3. The maximum absolute atomic E-state index is 12.8. The second-order valence-corrected chi connectivity index (χ2v) is 5.66. The van der Waals surface area contributed by atoms with Crippen molar-refractivity contribution in [2.45, 2.75) is 6.18 Å². The third kappa shape index (κ3) is 4.90. The molecule has 9 heteroatoms. The van der Waals surface area contributed by atoms with Crippen LogP contribution >= 0.6 is 23.8 Å². The second kappa shape index (κ2) is 7.79. The third-order valence-electron chi connectivity index (χ3n) is 3.17. The fourth-order valence-corrected chi connectivity index (χ4v) is 2.47. The smallest absolute Gasteiger partial charge is 0.416 e. The Morgan fingerprint density at radius 2 is 1.72 bits per heavy atom. The zero-order valence-electron chi connectivity index (χ0n) is 13.2. The van der Waals surface area contributed by atoms with Gasteiger partial charge in [0.05, 0.1) is 30.5 Å². The number of nitrogens with one attached hydrogen (secondary N) is 2. The van der Waals surface area contributed by atoms with Crippen LogP contribution in [0.3, 0.4) is 0 Å². The molecule has 0 unspecified atom stereocenters. The molecule has 0 aliphatic heterocycles. The van der Waals surface area contributed by atoms with Gasteiger partial charge in [-0.3, -0.25) is 0 Å². The van der Waals surface area contributed by atoms with Gasteiger partial charge in [0.1, 0.15) is 11.5 Å². The van der Waals surface area contributed by atoms with Crippen LogP contribution < -0.4 is 20.1 Å². The fraction of sp³-hybridized carbons (Fsp3) is 0.188. The predicted octanol–water partition coefficient (Wildman–Crippen LogP) is 5.18. The van der Waals surface area contributed by atoms with E-state index in [2.05, 4.69) is 10.6 Å². The second-order valence-electron chi connectivity index (χ2n) is 4.84. The molecule has 0 saturated carbocycles. The van der Waals surface area contributed by atoms with Gasteiger partial charge in [-0.2, -0.15) is 13.2 Å². The summed E-state index contributed by atoms with van der Waals surface area (Å²) in [7, 11) is 2.91. The molecule has 2 rings (SSSR count). The Bertz CT molecular complexity index is 784. The summed E-state index contributed by atoms with van der Waals surface area (Å²) < 4.78 is 48.6. The summed E-state index contributed by atoms with van der Waals surface area (Å²) in [6, 6.07) is 7.82. The maximum Gasteiger partial charge on any atom is 0.416 e. The van der Waals surface area contributed by atoms with Crippen molar-refractivity contribution in [3.63, 3.8) is 0 Å². The molecular weight excluding hydrogens is 377 g/mol. The van der Waals surface area contributed by atoms with Crippen LogP contribution in [-0.4, -0.2) is 19.3 Å². The molecule has 134 valence electrons. The summed E-state index contributed by atoms with van der Waals surface area (Å²) in [5, 5.41) is 5.98. The summed E-state index contributed by atoms with van der Waals surface area (Å²) in [5.74, 6) is 0.797. The predicted molar refractivity (Wildman–Crippen MR) is 95.8 cm³/mol. The number of hydrogen-bond acceptors (Lipinski definition) is 3. The Labute approximate surface area is 152 Å². The van der Waals surface area contributed by atoms with Crippen LogP contribution in [0.2, 0.25) is 5.02 Å². The summed E-state index contributed by atoms with van der Waals surface area (Å²) >= 11 is 11.2. The van der Waals surface area contributed by atoms with E-state index in [4.69, 9.17) is 33.3 Å². The van der Waals surface area contributed by atoms with E-state index in [0.717, 1.165) is 12.1 Å². The molecule has 0 spiro atoms. The fourth-order valence-electron chi connectivity index (χ4n) is 2.02. The average Bonchev–Trinajstić information content (AvgIpc) is 2.55. The number of rotatable bonds is 4. The number of thiocarbonyl (C=S) groups is 1. The molecule has 2 N–H and O–H groups in total. The lowest BCUT2D eigenvalue weighted by molar-refractivity contribution is -0.137. The van der Waals surface area contributed by atoms with E-state index in [1.165, 1.54) is 32.4 Å². The standard InChI is InChI=1S/C16H14ClF3N2O2S/c1-23-13-8-12(14(24-2)7-11(13)17)22-15(25)21-10-5-3-4-9(6-10)16(18,19)20/h3-8H,1-2H3,(H2,21,22,25). The monoisotopic (exact) mass is 390 g/mol. The Kier molecular flexibility index (Phi) is 5.97. The van der Waals surface area contributed by atoms with Gasteiger partial charge < -0.3 is 20.1 Å². The van der Waals surface area contributed by atoms with Crippen molar-refractivity contribution in [1.82, 2.24) is 0 Å². The Balaban J connectivity index is 2.18. The lowest BCUT2D eigenvalue weighted by atomic mass is 10.2. The molecule has 0 radical (unpaired) electrons. The highest BCUT2D eigenvalue weighted by Crippen LogP contribution is 2.36. The molecule has 0 aliphatic carbocycles. The van der Waals surface area contributed by atoms with E-state index >= 15 is 0 Å². The Hall–Kier alpha value is -2.19. The molecule has 0 aromatic heterocycles. The first-order chi connectivity index (χ1) is 11.7. The Morgan fingerprint density at radius 1 is 1.04 bits per heavy atom. The van der Waals surface area contributed by atoms with Gasteiger partial charge in [-0.25, -0.2) is 0 Å². The van der Waals surface area contributed by atoms with Gasteiger partial charge in [0.25, 0.3) is 0 Å². The van der Waals surface area contributed by atoms with Crippen molar-refractivity contribution >= 4 is 40.3 Å². The highest BCUT2D eigenvalue weighted by atomic mass is 35.5. The van der Waals surface area contributed by atoms with E-state index in [0.29, 0.717) is 22.2 Å². The van der Waals surface area contributed by atoms with Gasteiger partial charge in [-0.1, -0.05) is 17.7 Å². The summed E-state index contributed by atoms with van der Waals surface area (Å²) in [5.41, 5.74) is -0.119.